The highest BCUT2D eigenvalue weighted by Crippen LogP contribution is 2.35. The average molecular weight is 441 g/mol. The van der Waals surface area contributed by atoms with E-state index in [9.17, 15) is 14.9 Å². The molecule has 9 heteroatoms. The number of nitrogens with zero attached hydrogens (tertiary/aromatic N) is 2. The van der Waals surface area contributed by atoms with Crippen LogP contribution in [-0.2, 0) is 17.7 Å². The van der Waals surface area contributed by atoms with Crippen LogP contribution in [0.3, 0.4) is 0 Å². The maximum absolute atomic E-state index is 12.8. The van der Waals surface area contributed by atoms with E-state index in [-0.39, 0.29) is 29.8 Å². The van der Waals surface area contributed by atoms with Crippen molar-refractivity contribution in [2.45, 2.75) is 32.9 Å². The Bertz CT molecular complexity index is 1020. The van der Waals surface area contributed by atoms with Crippen molar-refractivity contribution in [2.24, 2.45) is 0 Å². The molecule has 2 heterocycles. The summed E-state index contributed by atoms with van der Waals surface area (Å²) >= 11 is 0. The molecule has 0 bridgehead atoms. The Balaban J connectivity index is 1.51. The fourth-order valence-corrected chi connectivity index (χ4v) is 4.07. The summed E-state index contributed by atoms with van der Waals surface area (Å²) in [6.45, 7) is 6.83. The average Bonchev–Trinajstić information content (AvgIpc) is 3.16. The number of anilines is 1. The SMILES string of the molecule is CCOc1cc2c(cc1CNC(=O)c1ccc(N3CCOCC3)c([N+](=O)[O-])c1)OC(C)C2. The Morgan fingerprint density at radius 1 is 1.28 bits per heavy atom. The third kappa shape index (κ3) is 4.62. The number of nitrogens with one attached hydrogen (secondary N) is 1. The Labute approximate surface area is 186 Å². The topological polar surface area (TPSA) is 103 Å². The Morgan fingerprint density at radius 2 is 2.06 bits per heavy atom. The lowest BCUT2D eigenvalue weighted by atomic mass is 10.1. The molecule has 1 amide bonds. The van der Waals surface area contributed by atoms with Gasteiger partial charge in [-0.05, 0) is 38.1 Å². The second-order valence-electron chi connectivity index (χ2n) is 7.88. The van der Waals surface area contributed by atoms with Crippen LogP contribution < -0.4 is 19.7 Å². The van der Waals surface area contributed by atoms with Crippen LogP contribution in [0.4, 0.5) is 11.4 Å². The zero-order valence-corrected chi connectivity index (χ0v) is 18.3. The molecule has 1 saturated heterocycles. The van der Waals surface area contributed by atoms with E-state index in [1.54, 1.807) is 12.1 Å². The molecule has 0 saturated carbocycles. The number of nitro groups is 1. The first-order valence-electron chi connectivity index (χ1n) is 10.8. The van der Waals surface area contributed by atoms with E-state index in [0.29, 0.717) is 44.3 Å². The molecule has 0 aliphatic carbocycles. The van der Waals surface area contributed by atoms with Gasteiger partial charge < -0.3 is 24.4 Å². The van der Waals surface area contributed by atoms with Gasteiger partial charge in [0.2, 0.25) is 0 Å². The summed E-state index contributed by atoms with van der Waals surface area (Å²) < 4.78 is 16.9. The molecule has 2 aliphatic rings. The normalized spacial score (nSPS) is 17.4. The van der Waals surface area contributed by atoms with Crippen molar-refractivity contribution >= 4 is 17.3 Å². The maximum Gasteiger partial charge on any atom is 0.293 e. The highest BCUT2D eigenvalue weighted by molar-refractivity contribution is 5.95. The van der Waals surface area contributed by atoms with Crippen LogP contribution >= 0.6 is 0 Å². The molecule has 1 unspecified atom stereocenters. The summed E-state index contributed by atoms with van der Waals surface area (Å²) in [5.41, 5.74) is 2.53. The quantitative estimate of drug-likeness (QED) is 0.520. The molecule has 0 aromatic heterocycles. The van der Waals surface area contributed by atoms with Crippen molar-refractivity contribution in [3.8, 4) is 11.5 Å². The number of nitro benzene ring substituents is 1. The summed E-state index contributed by atoms with van der Waals surface area (Å²) in [6, 6.07) is 8.44. The number of morpholine rings is 1. The highest BCUT2D eigenvalue weighted by atomic mass is 16.6. The van der Waals surface area contributed by atoms with Crippen molar-refractivity contribution in [3.05, 3.63) is 57.1 Å². The fraction of sp³-hybridized carbons (Fsp3) is 0.435. The summed E-state index contributed by atoms with van der Waals surface area (Å²) in [7, 11) is 0. The van der Waals surface area contributed by atoms with Crippen molar-refractivity contribution in [2.75, 3.05) is 37.8 Å². The van der Waals surface area contributed by atoms with Gasteiger partial charge in [-0.3, -0.25) is 14.9 Å². The van der Waals surface area contributed by atoms with Gasteiger partial charge in [-0.25, -0.2) is 0 Å². The molecule has 1 fully saturated rings. The standard InChI is InChI=1S/C23H27N3O6/c1-3-31-21-12-17-10-15(2)32-22(17)13-18(21)14-24-23(27)16-4-5-19(20(11-16)26(28)29)25-6-8-30-9-7-25/h4-5,11-13,15H,3,6-10,14H2,1-2H3,(H,24,27). The van der Waals surface area contributed by atoms with Gasteiger partial charge in [0, 0.05) is 48.8 Å². The number of benzene rings is 2. The molecule has 2 aromatic rings. The molecule has 0 radical (unpaired) electrons. The lowest BCUT2D eigenvalue weighted by molar-refractivity contribution is -0.384. The first kappa shape index (κ1) is 21.9. The molecule has 4 rings (SSSR count). The number of rotatable bonds is 7. The van der Waals surface area contributed by atoms with E-state index >= 15 is 0 Å². The van der Waals surface area contributed by atoms with Crippen molar-refractivity contribution in [3.63, 3.8) is 0 Å². The van der Waals surface area contributed by atoms with Crippen LogP contribution in [0.2, 0.25) is 0 Å². The van der Waals surface area contributed by atoms with Gasteiger partial charge in [-0.2, -0.15) is 0 Å². The minimum atomic E-state index is -0.451. The molecule has 170 valence electrons. The van der Waals surface area contributed by atoms with Gasteiger partial charge in [-0.1, -0.05) is 0 Å². The van der Waals surface area contributed by atoms with E-state index in [0.717, 1.165) is 23.3 Å². The first-order valence-corrected chi connectivity index (χ1v) is 10.8. The predicted molar refractivity (Wildman–Crippen MR) is 119 cm³/mol. The van der Waals surface area contributed by atoms with Crippen LogP contribution in [0.5, 0.6) is 11.5 Å². The van der Waals surface area contributed by atoms with E-state index in [1.165, 1.54) is 6.07 Å². The van der Waals surface area contributed by atoms with Crippen LogP contribution in [0.25, 0.3) is 0 Å². The van der Waals surface area contributed by atoms with Crippen LogP contribution in [0.1, 0.15) is 35.3 Å². The monoisotopic (exact) mass is 441 g/mol. The number of fused-ring (bicyclic) bond motifs is 1. The minimum absolute atomic E-state index is 0.0885. The smallest absolute Gasteiger partial charge is 0.293 e. The van der Waals surface area contributed by atoms with Crippen LogP contribution in [0.15, 0.2) is 30.3 Å². The second kappa shape index (κ2) is 9.44. The van der Waals surface area contributed by atoms with Crippen molar-refractivity contribution in [1.29, 1.82) is 0 Å². The van der Waals surface area contributed by atoms with Crippen molar-refractivity contribution < 1.29 is 23.9 Å². The lowest BCUT2D eigenvalue weighted by Crippen LogP contribution is -2.36. The Morgan fingerprint density at radius 3 is 2.78 bits per heavy atom. The molecule has 9 nitrogen and oxygen atoms in total. The van der Waals surface area contributed by atoms with Gasteiger partial charge in [0.25, 0.3) is 11.6 Å². The lowest BCUT2D eigenvalue weighted by Gasteiger charge is -2.28. The van der Waals surface area contributed by atoms with Gasteiger partial charge in [0.15, 0.2) is 0 Å². The molecule has 32 heavy (non-hydrogen) atoms. The number of amides is 1. The van der Waals surface area contributed by atoms with Crippen LogP contribution in [-0.4, -0.2) is 49.8 Å². The second-order valence-corrected chi connectivity index (χ2v) is 7.88. The number of ether oxygens (including phenoxy) is 3. The van der Waals surface area contributed by atoms with E-state index in [1.807, 2.05) is 30.9 Å². The minimum Gasteiger partial charge on any atom is -0.494 e. The molecular weight excluding hydrogens is 414 g/mol. The van der Waals surface area contributed by atoms with E-state index < -0.39 is 4.92 Å². The molecule has 0 spiro atoms. The predicted octanol–water partition coefficient (Wildman–Crippen LogP) is 3.08. The zero-order valence-electron chi connectivity index (χ0n) is 18.3. The third-order valence-corrected chi connectivity index (χ3v) is 5.60. The summed E-state index contributed by atoms with van der Waals surface area (Å²) in [5, 5.41) is 14.5. The highest BCUT2D eigenvalue weighted by Gasteiger charge is 2.24. The van der Waals surface area contributed by atoms with E-state index in [4.69, 9.17) is 14.2 Å². The third-order valence-electron chi connectivity index (χ3n) is 5.60. The largest absolute Gasteiger partial charge is 0.494 e. The van der Waals surface area contributed by atoms with Gasteiger partial charge in [-0.15, -0.1) is 0 Å². The molecule has 2 aromatic carbocycles. The molecule has 2 aliphatic heterocycles. The fourth-order valence-electron chi connectivity index (χ4n) is 4.07. The summed E-state index contributed by atoms with van der Waals surface area (Å²) in [5.74, 6) is 1.12. The number of hydrogen-bond donors (Lipinski definition) is 1. The van der Waals surface area contributed by atoms with Gasteiger partial charge >= 0.3 is 0 Å². The first-order chi connectivity index (χ1) is 15.5. The maximum atomic E-state index is 12.8. The van der Waals surface area contributed by atoms with Crippen LogP contribution in [0, 0.1) is 10.1 Å². The Hall–Kier alpha value is -3.33. The zero-order chi connectivity index (χ0) is 22.7. The summed E-state index contributed by atoms with van der Waals surface area (Å²) in [6.07, 6.45) is 0.927. The number of carbonyl (C=O) groups excluding carboxylic acids is 1. The molecule has 1 atom stereocenters. The van der Waals surface area contributed by atoms with Gasteiger partial charge in [0.05, 0.1) is 24.7 Å². The van der Waals surface area contributed by atoms with Crippen molar-refractivity contribution in [1.82, 2.24) is 5.32 Å². The number of hydrogen-bond acceptors (Lipinski definition) is 7. The van der Waals surface area contributed by atoms with E-state index in [2.05, 4.69) is 5.32 Å². The summed E-state index contributed by atoms with van der Waals surface area (Å²) in [4.78, 5) is 25.9. The van der Waals surface area contributed by atoms with Gasteiger partial charge in [0.1, 0.15) is 23.3 Å². The molecular formula is C23H27N3O6. The number of carbonyl (C=O) groups is 1. The Kier molecular flexibility index (Phi) is 6.45. The molecule has 1 N–H and O–H groups in total.